The number of benzene rings is 3. The summed E-state index contributed by atoms with van der Waals surface area (Å²) in [5, 5.41) is 6.16. The number of rotatable bonds is 7. The van der Waals surface area contributed by atoms with E-state index in [2.05, 4.69) is 10.5 Å². The van der Waals surface area contributed by atoms with Crippen molar-refractivity contribution in [3.63, 3.8) is 0 Å². The standard InChI is InChI=1S/C23H24N2O3/c1-4-27-19-11-9-17-10-12-22(28-5-2)21(20(17)14-19)15-24-25-23(26)18-8-6-7-16(3)13-18/h6-15H,4-5H2,1-3H3,(H,25,26)/b24-15+. The first-order chi connectivity index (χ1) is 13.6. The predicted octanol–water partition coefficient (Wildman–Crippen LogP) is 4.71. The summed E-state index contributed by atoms with van der Waals surface area (Å²) in [6.07, 6.45) is 1.62. The third-order valence-electron chi connectivity index (χ3n) is 4.25. The van der Waals surface area contributed by atoms with Gasteiger partial charge in [-0.3, -0.25) is 4.79 Å². The second-order valence-corrected chi connectivity index (χ2v) is 6.29. The summed E-state index contributed by atoms with van der Waals surface area (Å²) in [4.78, 5) is 12.3. The summed E-state index contributed by atoms with van der Waals surface area (Å²) < 4.78 is 11.4. The van der Waals surface area contributed by atoms with Crippen molar-refractivity contribution >= 4 is 22.9 Å². The number of carbonyl (C=O) groups is 1. The number of fused-ring (bicyclic) bond motifs is 1. The summed E-state index contributed by atoms with van der Waals surface area (Å²) in [6, 6.07) is 17.2. The number of carbonyl (C=O) groups excluding carboxylic acids is 1. The van der Waals surface area contributed by atoms with Crippen molar-refractivity contribution in [3.8, 4) is 11.5 Å². The Morgan fingerprint density at radius 2 is 1.82 bits per heavy atom. The molecular weight excluding hydrogens is 352 g/mol. The first kappa shape index (κ1) is 19.4. The molecule has 0 saturated carbocycles. The van der Waals surface area contributed by atoms with Crippen LogP contribution >= 0.6 is 0 Å². The highest BCUT2D eigenvalue weighted by molar-refractivity contribution is 6.03. The van der Waals surface area contributed by atoms with Crippen LogP contribution in [0.1, 0.15) is 35.3 Å². The van der Waals surface area contributed by atoms with Gasteiger partial charge in [-0.05, 0) is 61.9 Å². The number of hydrogen-bond acceptors (Lipinski definition) is 4. The number of amides is 1. The first-order valence-corrected chi connectivity index (χ1v) is 9.34. The van der Waals surface area contributed by atoms with E-state index in [9.17, 15) is 4.79 Å². The summed E-state index contributed by atoms with van der Waals surface area (Å²) >= 11 is 0. The lowest BCUT2D eigenvalue weighted by Crippen LogP contribution is -2.17. The first-order valence-electron chi connectivity index (χ1n) is 9.34. The Kier molecular flexibility index (Phi) is 6.27. The monoisotopic (exact) mass is 376 g/mol. The van der Waals surface area contributed by atoms with Crippen molar-refractivity contribution in [1.29, 1.82) is 0 Å². The van der Waals surface area contributed by atoms with Crippen molar-refractivity contribution < 1.29 is 14.3 Å². The van der Waals surface area contributed by atoms with Gasteiger partial charge < -0.3 is 9.47 Å². The molecule has 1 N–H and O–H groups in total. The minimum absolute atomic E-state index is 0.256. The SMILES string of the molecule is CCOc1ccc2ccc(OCC)c(/C=N/NC(=O)c3cccc(C)c3)c2c1. The van der Waals surface area contributed by atoms with Crippen LogP contribution in [0.5, 0.6) is 11.5 Å². The molecule has 0 atom stereocenters. The average molecular weight is 376 g/mol. The second-order valence-electron chi connectivity index (χ2n) is 6.29. The van der Waals surface area contributed by atoms with Crippen LogP contribution in [-0.4, -0.2) is 25.3 Å². The molecule has 144 valence electrons. The highest BCUT2D eigenvalue weighted by Gasteiger charge is 2.09. The van der Waals surface area contributed by atoms with Gasteiger partial charge in [-0.1, -0.05) is 29.8 Å². The molecule has 5 heteroatoms. The number of hydrogen-bond donors (Lipinski definition) is 1. The van der Waals surface area contributed by atoms with Crippen LogP contribution in [-0.2, 0) is 0 Å². The van der Waals surface area contributed by atoms with Gasteiger partial charge in [0.2, 0.25) is 0 Å². The molecule has 0 fully saturated rings. The van der Waals surface area contributed by atoms with Gasteiger partial charge in [0.1, 0.15) is 11.5 Å². The van der Waals surface area contributed by atoms with E-state index in [1.54, 1.807) is 12.3 Å². The number of nitrogens with zero attached hydrogens (tertiary/aromatic N) is 1. The largest absolute Gasteiger partial charge is 0.494 e. The maximum absolute atomic E-state index is 12.3. The van der Waals surface area contributed by atoms with Gasteiger partial charge in [0.05, 0.1) is 19.4 Å². The van der Waals surface area contributed by atoms with Gasteiger partial charge in [0.15, 0.2) is 0 Å². The van der Waals surface area contributed by atoms with E-state index < -0.39 is 0 Å². The molecule has 0 spiro atoms. The summed E-state index contributed by atoms with van der Waals surface area (Å²) in [5.74, 6) is 1.23. The summed E-state index contributed by atoms with van der Waals surface area (Å²) in [6.45, 7) is 6.95. The third-order valence-corrected chi connectivity index (χ3v) is 4.25. The molecule has 0 aromatic heterocycles. The average Bonchev–Trinajstić information content (AvgIpc) is 2.69. The molecule has 5 nitrogen and oxygen atoms in total. The van der Waals surface area contributed by atoms with Gasteiger partial charge in [0.25, 0.3) is 5.91 Å². The minimum Gasteiger partial charge on any atom is -0.494 e. The smallest absolute Gasteiger partial charge is 0.271 e. The third kappa shape index (κ3) is 4.49. The fourth-order valence-electron chi connectivity index (χ4n) is 2.98. The number of nitrogens with one attached hydrogen (secondary N) is 1. The van der Waals surface area contributed by atoms with Gasteiger partial charge >= 0.3 is 0 Å². The number of aryl methyl sites for hydroxylation is 1. The fourth-order valence-corrected chi connectivity index (χ4v) is 2.98. The van der Waals surface area contributed by atoms with Crippen LogP contribution in [0.3, 0.4) is 0 Å². The Bertz CT molecular complexity index is 1010. The van der Waals surface area contributed by atoms with Crippen LogP contribution in [0.2, 0.25) is 0 Å². The molecule has 0 bridgehead atoms. The zero-order chi connectivity index (χ0) is 19.9. The van der Waals surface area contributed by atoms with Crippen molar-refractivity contribution in [2.45, 2.75) is 20.8 Å². The Morgan fingerprint density at radius 1 is 1.04 bits per heavy atom. The molecule has 1 amide bonds. The maximum Gasteiger partial charge on any atom is 0.271 e. The molecule has 0 radical (unpaired) electrons. The Hall–Kier alpha value is -3.34. The van der Waals surface area contributed by atoms with Crippen molar-refractivity contribution in [3.05, 3.63) is 71.3 Å². The maximum atomic E-state index is 12.3. The van der Waals surface area contributed by atoms with Gasteiger partial charge in [-0.25, -0.2) is 5.43 Å². The summed E-state index contributed by atoms with van der Waals surface area (Å²) in [7, 11) is 0. The van der Waals surface area contributed by atoms with E-state index in [1.807, 2.05) is 69.3 Å². The number of ether oxygens (including phenoxy) is 2. The molecule has 3 rings (SSSR count). The normalized spacial score (nSPS) is 11.0. The quantitative estimate of drug-likeness (QED) is 0.480. The van der Waals surface area contributed by atoms with Crippen molar-refractivity contribution in [1.82, 2.24) is 5.43 Å². The van der Waals surface area contributed by atoms with Crippen molar-refractivity contribution in [2.24, 2.45) is 5.10 Å². The van der Waals surface area contributed by atoms with Crippen molar-refractivity contribution in [2.75, 3.05) is 13.2 Å². The molecule has 0 aliphatic heterocycles. The van der Waals surface area contributed by atoms with Gasteiger partial charge in [-0.15, -0.1) is 0 Å². The lowest BCUT2D eigenvalue weighted by molar-refractivity contribution is 0.0955. The fraction of sp³-hybridized carbons (Fsp3) is 0.217. The Labute approximate surface area is 165 Å². The molecule has 3 aromatic rings. The molecule has 0 heterocycles. The Balaban J connectivity index is 1.92. The molecule has 0 saturated heterocycles. The van der Waals surface area contributed by atoms with Crippen LogP contribution in [0.25, 0.3) is 10.8 Å². The zero-order valence-corrected chi connectivity index (χ0v) is 16.4. The molecule has 0 unspecified atom stereocenters. The van der Waals surface area contributed by atoms with E-state index in [-0.39, 0.29) is 5.91 Å². The lowest BCUT2D eigenvalue weighted by atomic mass is 10.0. The number of hydrazone groups is 1. The van der Waals surface area contributed by atoms with Crippen LogP contribution in [0, 0.1) is 6.92 Å². The molecule has 0 aliphatic rings. The lowest BCUT2D eigenvalue weighted by Gasteiger charge is -2.12. The topological polar surface area (TPSA) is 59.9 Å². The highest BCUT2D eigenvalue weighted by atomic mass is 16.5. The van der Waals surface area contributed by atoms with Crippen LogP contribution in [0.15, 0.2) is 59.7 Å². The highest BCUT2D eigenvalue weighted by Crippen LogP contribution is 2.30. The van der Waals surface area contributed by atoms with E-state index in [1.165, 1.54) is 0 Å². The molecule has 3 aromatic carbocycles. The van der Waals surface area contributed by atoms with Gasteiger partial charge in [0, 0.05) is 11.1 Å². The predicted molar refractivity (Wildman–Crippen MR) is 113 cm³/mol. The van der Waals surface area contributed by atoms with Crippen LogP contribution in [0.4, 0.5) is 0 Å². The molecule has 28 heavy (non-hydrogen) atoms. The minimum atomic E-state index is -0.256. The van der Waals surface area contributed by atoms with E-state index >= 15 is 0 Å². The van der Waals surface area contributed by atoms with E-state index in [0.717, 1.165) is 27.6 Å². The summed E-state index contributed by atoms with van der Waals surface area (Å²) in [5.41, 5.74) is 4.98. The zero-order valence-electron chi connectivity index (χ0n) is 16.4. The second kappa shape index (κ2) is 9.04. The molecule has 0 aliphatic carbocycles. The van der Waals surface area contributed by atoms with E-state index in [4.69, 9.17) is 9.47 Å². The Morgan fingerprint density at radius 3 is 2.57 bits per heavy atom. The molecular formula is C23H24N2O3. The van der Waals surface area contributed by atoms with Crippen LogP contribution < -0.4 is 14.9 Å². The van der Waals surface area contributed by atoms with Gasteiger partial charge in [-0.2, -0.15) is 5.10 Å². The van der Waals surface area contributed by atoms with E-state index in [0.29, 0.717) is 24.5 Å².